The summed E-state index contributed by atoms with van der Waals surface area (Å²) in [6.07, 6.45) is 0. The fourth-order valence-corrected chi connectivity index (χ4v) is 5.34. The molecular formula is C24H17Cl3N2O2. The van der Waals surface area contributed by atoms with E-state index in [0.29, 0.717) is 56.2 Å². The van der Waals surface area contributed by atoms with Gasteiger partial charge in [0.1, 0.15) is 0 Å². The summed E-state index contributed by atoms with van der Waals surface area (Å²) in [5, 5.41) is 2.73. The number of rotatable bonds is 2. The first kappa shape index (κ1) is 20.4. The van der Waals surface area contributed by atoms with Gasteiger partial charge in [-0.25, -0.2) is 0 Å². The van der Waals surface area contributed by atoms with Gasteiger partial charge in [0.15, 0.2) is 10.9 Å². The van der Waals surface area contributed by atoms with Gasteiger partial charge in [0.25, 0.3) is 0 Å². The second kappa shape index (κ2) is 7.27. The molecule has 0 saturated carbocycles. The van der Waals surface area contributed by atoms with E-state index < -0.39 is 0 Å². The molecule has 2 heterocycles. The van der Waals surface area contributed by atoms with Gasteiger partial charge in [0.05, 0.1) is 42.5 Å². The second-order valence-corrected chi connectivity index (χ2v) is 8.62. The third kappa shape index (κ3) is 2.75. The maximum absolute atomic E-state index is 13.6. The lowest BCUT2D eigenvalue weighted by Gasteiger charge is -2.18. The third-order valence-electron chi connectivity index (χ3n) is 5.90. The molecule has 0 aliphatic heterocycles. The van der Waals surface area contributed by atoms with Gasteiger partial charge in [-0.3, -0.25) is 9.59 Å². The van der Waals surface area contributed by atoms with Gasteiger partial charge in [-0.1, -0.05) is 46.9 Å². The van der Waals surface area contributed by atoms with E-state index in [0.717, 1.165) is 5.52 Å². The van der Waals surface area contributed by atoms with Crippen LogP contribution in [0.3, 0.4) is 0 Å². The number of nitrogens with zero attached hydrogens (tertiary/aromatic N) is 2. The van der Waals surface area contributed by atoms with E-state index in [2.05, 4.69) is 4.57 Å². The number of hydrogen-bond acceptors (Lipinski definition) is 2. The lowest BCUT2D eigenvalue weighted by Crippen LogP contribution is -2.15. The van der Waals surface area contributed by atoms with Crippen LogP contribution in [0.2, 0.25) is 15.1 Å². The Morgan fingerprint density at radius 2 is 1.32 bits per heavy atom. The molecule has 0 aliphatic rings. The molecule has 0 radical (unpaired) electrons. The Balaban J connectivity index is 2.14. The minimum atomic E-state index is -0.255. The Morgan fingerprint density at radius 3 is 2.00 bits per heavy atom. The van der Waals surface area contributed by atoms with Crippen molar-refractivity contribution in [2.24, 2.45) is 0 Å². The predicted octanol–water partition coefficient (Wildman–Crippen LogP) is 6.62. The van der Waals surface area contributed by atoms with E-state index in [1.54, 1.807) is 18.2 Å². The van der Waals surface area contributed by atoms with Crippen molar-refractivity contribution >= 4 is 78.4 Å². The summed E-state index contributed by atoms with van der Waals surface area (Å²) in [5.74, 6) is 0. The lowest BCUT2D eigenvalue weighted by molar-refractivity contribution is 0.816. The smallest absolute Gasteiger partial charge is 0.198 e. The summed E-state index contributed by atoms with van der Waals surface area (Å²) in [6, 6.07) is 12.7. The van der Waals surface area contributed by atoms with Crippen molar-refractivity contribution in [1.82, 2.24) is 9.13 Å². The SMILES string of the molecule is CCn1c2ccccc2c(=O)c2cc3c(cc21)c(=O)c1c(Cl)c(Cl)cc(Cl)c1n3CC. The van der Waals surface area contributed by atoms with E-state index in [-0.39, 0.29) is 20.9 Å². The Bertz CT molecular complexity index is 1680. The minimum absolute atomic E-state index is 0.0624. The number of aryl methyl sites for hydroxylation is 2. The van der Waals surface area contributed by atoms with E-state index in [1.165, 1.54) is 0 Å². The van der Waals surface area contributed by atoms with Crippen LogP contribution >= 0.6 is 34.8 Å². The average molecular weight is 472 g/mol. The van der Waals surface area contributed by atoms with Crippen LogP contribution in [0.15, 0.2) is 52.1 Å². The number of aromatic nitrogens is 2. The molecule has 0 saturated heterocycles. The number of pyridine rings is 2. The third-order valence-corrected chi connectivity index (χ3v) is 6.97. The van der Waals surface area contributed by atoms with Crippen LogP contribution in [0.1, 0.15) is 13.8 Å². The molecule has 7 heteroatoms. The molecule has 5 rings (SSSR count). The summed E-state index contributed by atoms with van der Waals surface area (Å²) < 4.78 is 3.97. The van der Waals surface area contributed by atoms with Crippen molar-refractivity contribution in [3.63, 3.8) is 0 Å². The second-order valence-electron chi connectivity index (χ2n) is 7.43. The van der Waals surface area contributed by atoms with Gasteiger partial charge in [0.2, 0.25) is 0 Å². The molecular weight excluding hydrogens is 455 g/mol. The molecule has 0 N–H and O–H groups in total. The van der Waals surface area contributed by atoms with Crippen molar-refractivity contribution in [3.8, 4) is 0 Å². The Morgan fingerprint density at radius 1 is 0.710 bits per heavy atom. The quantitative estimate of drug-likeness (QED) is 0.214. The van der Waals surface area contributed by atoms with Crippen molar-refractivity contribution in [2.45, 2.75) is 26.9 Å². The van der Waals surface area contributed by atoms with Crippen molar-refractivity contribution in [3.05, 3.63) is 78.0 Å². The molecule has 0 amide bonds. The van der Waals surface area contributed by atoms with Crippen LogP contribution in [0, 0.1) is 0 Å². The van der Waals surface area contributed by atoms with Crippen LogP contribution in [0.4, 0.5) is 0 Å². The fourth-order valence-electron chi connectivity index (χ4n) is 4.54. The lowest BCUT2D eigenvalue weighted by atomic mass is 10.0. The summed E-state index contributed by atoms with van der Waals surface area (Å²) in [4.78, 5) is 26.9. The highest BCUT2D eigenvalue weighted by molar-refractivity contribution is 6.47. The maximum Gasteiger partial charge on any atom is 0.198 e. The number of para-hydroxylation sites is 1. The van der Waals surface area contributed by atoms with Crippen LogP contribution in [-0.4, -0.2) is 9.13 Å². The highest BCUT2D eigenvalue weighted by Crippen LogP contribution is 2.36. The zero-order valence-electron chi connectivity index (χ0n) is 16.8. The number of halogens is 3. The van der Waals surface area contributed by atoms with E-state index in [1.807, 2.05) is 42.7 Å². The fraction of sp³-hybridized carbons (Fsp3) is 0.167. The summed E-state index contributed by atoms with van der Waals surface area (Å²) >= 11 is 19.2. The van der Waals surface area contributed by atoms with Crippen LogP contribution < -0.4 is 10.9 Å². The molecule has 0 atom stereocenters. The molecule has 0 bridgehead atoms. The summed E-state index contributed by atoms with van der Waals surface area (Å²) in [5.41, 5.74) is 2.39. The normalized spacial score (nSPS) is 11.9. The van der Waals surface area contributed by atoms with Gasteiger partial charge >= 0.3 is 0 Å². The Labute approximate surface area is 192 Å². The van der Waals surface area contributed by atoms with Gasteiger partial charge in [0, 0.05) is 29.2 Å². The van der Waals surface area contributed by atoms with E-state index in [9.17, 15) is 9.59 Å². The van der Waals surface area contributed by atoms with Gasteiger partial charge in [-0.2, -0.15) is 0 Å². The first-order valence-corrected chi connectivity index (χ1v) is 11.1. The first-order chi connectivity index (χ1) is 14.9. The van der Waals surface area contributed by atoms with Crippen molar-refractivity contribution in [1.29, 1.82) is 0 Å². The molecule has 0 unspecified atom stereocenters. The molecule has 3 aromatic carbocycles. The zero-order valence-corrected chi connectivity index (χ0v) is 19.1. The summed E-state index contributed by atoms with van der Waals surface area (Å²) in [7, 11) is 0. The Kier molecular flexibility index (Phi) is 4.78. The van der Waals surface area contributed by atoms with Gasteiger partial charge in [-0.15, -0.1) is 0 Å². The number of benzene rings is 3. The first-order valence-electron chi connectivity index (χ1n) is 9.98. The highest BCUT2D eigenvalue weighted by atomic mass is 35.5. The highest BCUT2D eigenvalue weighted by Gasteiger charge is 2.20. The summed E-state index contributed by atoms with van der Waals surface area (Å²) in [6.45, 7) is 5.15. The molecule has 0 spiro atoms. The topological polar surface area (TPSA) is 44.0 Å². The van der Waals surface area contributed by atoms with Crippen LogP contribution in [0.5, 0.6) is 0 Å². The number of hydrogen-bond donors (Lipinski definition) is 0. The monoisotopic (exact) mass is 470 g/mol. The molecule has 156 valence electrons. The zero-order chi connectivity index (χ0) is 22.0. The predicted molar refractivity (Wildman–Crippen MR) is 131 cm³/mol. The molecule has 0 aliphatic carbocycles. The van der Waals surface area contributed by atoms with E-state index in [4.69, 9.17) is 34.8 Å². The molecule has 0 fully saturated rings. The minimum Gasteiger partial charge on any atom is -0.341 e. The molecule has 31 heavy (non-hydrogen) atoms. The van der Waals surface area contributed by atoms with Gasteiger partial charge < -0.3 is 9.13 Å². The molecule has 4 nitrogen and oxygen atoms in total. The largest absolute Gasteiger partial charge is 0.341 e. The van der Waals surface area contributed by atoms with Crippen LogP contribution in [-0.2, 0) is 13.1 Å². The van der Waals surface area contributed by atoms with Gasteiger partial charge in [-0.05, 0) is 44.2 Å². The molecule has 2 aromatic heterocycles. The molecule has 5 aromatic rings. The average Bonchev–Trinajstić information content (AvgIpc) is 2.77. The van der Waals surface area contributed by atoms with Crippen molar-refractivity contribution in [2.75, 3.05) is 0 Å². The Hall–Kier alpha value is -2.53. The van der Waals surface area contributed by atoms with Crippen molar-refractivity contribution < 1.29 is 0 Å². The van der Waals surface area contributed by atoms with Crippen LogP contribution in [0.25, 0.3) is 43.6 Å². The van der Waals surface area contributed by atoms with E-state index >= 15 is 0 Å². The maximum atomic E-state index is 13.6. The standard InChI is InChI=1S/C24H17Cl3N2O2/c1-3-28-17-8-6-5-7-12(17)23(30)13-9-19-14(10-18(13)28)24(31)20-21(27)15(25)11-16(26)22(20)29(19)4-2/h5-11H,3-4H2,1-2H3. The number of fused-ring (bicyclic) bond motifs is 4.